The van der Waals surface area contributed by atoms with Gasteiger partial charge in [-0.25, -0.2) is 0 Å². The molecule has 1 amide bonds. The normalized spacial score (nSPS) is 13.5. The molecule has 1 aliphatic carbocycles. The van der Waals surface area contributed by atoms with Gasteiger partial charge in [0.05, 0.1) is 12.2 Å². The Bertz CT molecular complexity index is 1490. The second kappa shape index (κ2) is 10.5. The van der Waals surface area contributed by atoms with E-state index in [-0.39, 0.29) is 30.3 Å². The topological polar surface area (TPSA) is 97.8 Å². The molecule has 0 saturated heterocycles. The minimum atomic E-state index is -0.638. The molecule has 3 aromatic carbocycles. The van der Waals surface area contributed by atoms with E-state index >= 15 is 0 Å². The quantitative estimate of drug-likeness (QED) is 0.282. The maximum Gasteiger partial charge on any atom is 0.252 e. The summed E-state index contributed by atoms with van der Waals surface area (Å²) in [5, 5.41) is 12.2. The lowest BCUT2D eigenvalue weighted by molar-refractivity contribution is 0.0913. The standard InChI is InChI=1S/C29H30ClN3O4/c1-32(10-11-34)8-9-33-16-25(23-7-5-19(14-26(23)33)18-2-3-18)27(35)17-37-28-15-20-4-6-22(30)12-21(20)13-24(28)29(31)36/h4-7,12-16,18,34H,2-3,8-11,17H2,1H3,(H2,31,36). The predicted molar refractivity (Wildman–Crippen MR) is 146 cm³/mol. The molecule has 3 N–H and O–H groups in total. The SMILES string of the molecule is CN(CCO)CCn1cc(C(=O)COc2cc3ccc(Cl)cc3cc2C(N)=O)c2ccc(C3CC3)cc21. The molecule has 1 saturated carbocycles. The molecule has 4 aromatic rings. The summed E-state index contributed by atoms with van der Waals surface area (Å²) in [6, 6.07) is 15.0. The van der Waals surface area contributed by atoms with Crippen molar-refractivity contribution in [1.29, 1.82) is 0 Å². The number of nitrogens with zero attached hydrogens (tertiary/aromatic N) is 2. The fraction of sp³-hybridized carbons (Fsp3) is 0.310. The highest BCUT2D eigenvalue weighted by molar-refractivity contribution is 6.31. The summed E-state index contributed by atoms with van der Waals surface area (Å²) in [4.78, 5) is 27.6. The fourth-order valence-corrected chi connectivity index (χ4v) is 4.91. The van der Waals surface area contributed by atoms with E-state index in [2.05, 4.69) is 21.6 Å². The van der Waals surface area contributed by atoms with E-state index in [4.69, 9.17) is 22.1 Å². The average molecular weight is 520 g/mol. The van der Waals surface area contributed by atoms with Crippen LogP contribution in [0.25, 0.3) is 21.7 Å². The van der Waals surface area contributed by atoms with Gasteiger partial charge in [-0.3, -0.25) is 9.59 Å². The minimum absolute atomic E-state index is 0.102. The number of likely N-dealkylation sites (N-methyl/N-ethyl adjacent to an activating group) is 1. The number of carbonyl (C=O) groups is 2. The molecule has 192 valence electrons. The molecule has 1 aromatic heterocycles. The lowest BCUT2D eigenvalue weighted by Crippen LogP contribution is -2.26. The molecular weight excluding hydrogens is 490 g/mol. The van der Waals surface area contributed by atoms with Crippen molar-refractivity contribution < 1.29 is 19.4 Å². The van der Waals surface area contributed by atoms with Crippen LogP contribution < -0.4 is 10.5 Å². The summed E-state index contributed by atoms with van der Waals surface area (Å²) in [5.41, 5.74) is 8.70. The number of aliphatic hydroxyl groups excluding tert-OH is 1. The van der Waals surface area contributed by atoms with Crippen LogP contribution in [0.1, 0.15) is 45.0 Å². The van der Waals surface area contributed by atoms with Gasteiger partial charge in [-0.15, -0.1) is 0 Å². The van der Waals surface area contributed by atoms with Crippen LogP contribution in [0, 0.1) is 0 Å². The van der Waals surface area contributed by atoms with Gasteiger partial charge >= 0.3 is 0 Å². The number of hydrogen-bond acceptors (Lipinski definition) is 5. The first kappa shape index (κ1) is 25.3. The molecule has 1 fully saturated rings. The number of nitrogens with two attached hydrogens (primary N) is 1. The van der Waals surface area contributed by atoms with Crippen LogP contribution in [0.4, 0.5) is 0 Å². The first-order chi connectivity index (χ1) is 17.8. The second-order valence-corrected chi connectivity index (χ2v) is 10.2. The van der Waals surface area contributed by atoms with Crippen molar-refractivity contribution in [3.05, 3.63) is 76.4 Å². The average Bonchev–Trinajstić information content (AvgIpc) is 3.67. The molecule has 1 aliphatic rings. The van der Waals surface area contributed by atoms with Crippen molar-refractivity contribution in [2.45, 2.75) is 25.3 Å². The number of ether oxygens (including phenoxy) is 1. The number of Topliss-reactive ketones (excluding diaryl/α,β-unsaturated/α-hetero) is 1. The smallest absolute Gasteiger partial charge is 0.252 e. The lowest BCUT2D eigenvalue weighted by atomic mass is 10.0. The third-order valence-electron chi connectivity index (χ3n) is 6.98. The molecular formula is C29H30ClN3O4. The highest BCUT2D eigenvalue weighted by atomic mass is 35.5. The number of rotatable bonds is 11. The minimum Gasteiger partial charge on any atom is -0.485 e. The summed E-state index contributed by atoms with van der Waals surface area (Å²) in [6.45, 7) is 1.89. The van der Waals surface area contributed by atoms with Crippen molar-refractivity contribution in [1.82, 2.24) is 9.47 Å². The fourth-order valence-electron chi connectivity index (χ4n) is 4.73. The van der Waals surface area contributed by atoms with Crippen LogP contribution in [0.2, 0.25) is 5.02 Å². The molecule has 8 heteroatoms. The Morgan fingerprint density at radius 2 is 1.89 bits per heavy atom. The Kier molecular flexibility index (Phi) is 7.20. The van der Waals surface area contributed by atoms with Crippen LogP contribution in [-0.4, -0.2) is 59.6 Å². The number of aliphatic hydroxyl groups is 1. The molecule has 0 spiro atoms. The molecule has 7 nitrogen and oxygen atoms in total. The van der Waals surface area contributed by atoms with Gasteiger partial charge in [0.25, 0.3) is 5.91 Å². The summed E-state index contributed by atoms with van der Waals surface area (Å²) in [5.74, 6) is 0.0437. The monoisotopic (exact) mass is 519 g/mol. The number of halogens is 1. The molecule has 37 heavy (non-hydrogen) atoms. The number of fused-ring (bicyclic) bond motifs is 2. The first-order valence-corrected chi connectivity index (χ1v) is 12.8. The van der Waals surface area contributed by atoms with Crippen LogP contribution in [0.15, 0.2) is 54.7 Å². The Morgan fingerprint density at radius 3 is 2.62 bits per heavy atom. The van der Waals surface area contributed by atoms with Crippen molar-refractivity contribution >= 4 is 45.0 Å². The van der Waals surface area contributed by atoms with Gasteiger partial charge in [0, 0.05) is 47.3 Å². The van der Waals surface area contributed by atoms with Gasteiger partial charge in [0.1, 0.15) is 5.75 Å². The largest absolute Gasteiger partial charge is 0.485 e. The Balaban J connectivity index is 1.42. The van der Waals surface area contributed by atoms with Gasteiger partial charge in [-0.1, -0.05) is 29.8 Å². The van der Waals surface area contributed by atoms with E-state index in [1.54, 1.807) is 24.3 Å². The number of carbonyl (C=O) groups excluding carboxylic acids is 2. The molecule has 5 rings (SSSR count). The zero-order valence-electron chi connectivity index (χ0n) is 20.7. The van der Waals surface area contributed by atoms with Crippen LogP contribution in [-0.2, 0) is 6.54 Å². The summed E-state index contributed by atoms with van der Waals surface area (Å²) < 4.78 is 7.99. The van der Waals surface area contributed by atoms with Crippen molar-refractivity contribution in [3.8, 4) is 5.75 Å². The Labute approximate surface area is 220 Å². The number of amides is 1. The van der Waals surface area contributed by atoms with E-state index in [1.807, 2.05) is 25.4 Å². The van der Waals surface area contributed by atoms with E-state index in [9.17, 15) is 14.7 Å². The molecule has 0 bridgehead atoms. The highest BCUT2D eigenvalue weighted by Gasteiger charge is 2.25. The van der Waals surface area contributed by atoms with E-state index in [1.165, 1.54) is 18.4 Å². The molecule has 0 radical (unpaired) electrons. The summed E-state index contributed by atoms with van der Waals surface area (Å²) in [7, 11) is 1.96. The summed E-state index contributed by atoms with van der Waals surface area (Å²) in [6.07, 6.45) is 4.29. The highest BCUT2D eigenvalue weighted by Crippen LogP contribution is 2.41. The third kappa shape index (κ3) is 5.49. The van der Waals surface area contributed by atoms with Gasteiger partial charge < -0.3 is 25.0 Å². The maximum absolute atomic E-state index is 13.4. The number of benzene rings is 3. The van der Waals surface area contributed by atoms with Crippen LogP contribution in [0.3, 0.4) is 0 Å². The van der Waals surface area contributed by atoms with Crippen molar-refractivity contribution in [3.63, 3.8) is 0 Å². The third-order valence-corrected chi connectivity index (χ3v) is 7.22. The first-order valence-electron chi connectivity index (χ1n) is 12.5. The molecule has 0 unspecified atom stereocenters. The van der Waals surface area contributed by atoms with Crippen LogP contribution in [0.5, 0.6) is 5.75 Å². The Morgan fingerprint density at radius 1 is 1.08 bits per heavy atom. The summed E-state index contributed by atoms with van der Waals surface area (Å²) >= 11 is 6.09. The van der Waals surface area contributed by atoms with Gasteiger partial charge in [0.2, 0.25) is 5.78 Å². The zero-order chi connectivity index (χ0) is 26.1. The Hall–Kier alpha value is -3.39. The van der Waals surface area contributed by atoms with E-state index in [0.717, 1.165) is 28.2 Å². The maximum atomic E-state index is 13.4. The molecule has 0 atom stereocenters. The van der Waals surface area contributed by atoms with Gasteiger partial charge in [0.15, 0.2) is 6.61 Å². The predicted octanol–water partition coefficient (Wildman–Crippen LogP) is 4.61. The van der Waals surface area contributed by atoms with Crippen molar-refractivity contribution in [2.75, 3.05) is 33.4 Å². The molecule has 0 aliphatic heterocycles. The van der Waals surface area contributed by atoms with Crippen LogP contribution >= 0.6 is 11.6 Å². The molecule has 1 heterocycles. The van der Waals surface area contributed by atoms with Gasteiger partial charge in [-0.05, 0) is 72.5 Å². The number of ketones is 1. The number of primary amides is 1. The number of hydrogen-bond donors (Lipinski definition) is 2. The van der Waals surface area contributed by atoms with E-state index < -0.39 is 5.91 Å². The zero-order valence-corrected chi connectivity index (χ0v) is 21.5. The van der Waals surface area contributed by atoms with Gasteiger partial charge in [-0.2, -0.15) is 0 Å². The van der Waals surface area contributed by atoms with E-state index in [0.29, 0.717) is 29.6 Å². The number of aromatic nitrogens is 1. The second-order valence-electron chi connectivity index (χ2n) is 9.73. The lowest BCUT2D eigenvalue weighted by Gasteiger charge is -2.16. The van der Waals surface area contributed by atoms with Crippen molar-refractivity contribution in [2.24, 2.45) is 5.73 Å².